The molecule has 1 fully saturated rings. The van der Waals surface area contributed by atoms with Crippen LogP contribution in [-0.2, 0) is 0 Å². The minimum Gasteiger partial charge on any atom is -0.329 e. The summed E-state index contributed by atoms with van der Waals surface area (Å²) in [5.41, 5.74) is 7.62. The lowest BCUT2D eigenvalue weighted by Crippen LogP contribution is -2.44. The van der Waals surface area contributed by atoms with Crippen LogP contribution in [0.2, 0.25) is 0 Å². The van der Waals surface area contributed by atoms with Crippen LogP contribution in [0.4, 0.5) is 0 Å². The highest BCUT2D eigenvalue weighted by atomic mass is 32.1. The maximum absolute atomic E-state index is 6.17. The van der Waals surface area contributed by atoms with Gasteiger partial charge in [-0.25, -0.2) is 0 Å². The van der Waals surface area contributed by atoms with E-state index in [0.717, 1.165) is 13.1 Å². The Morgan fingerprint density at radius 1 is 1.40 bits per heavy atom. The van der Waals surface area contributed by atoms with Crippen molar-refractivity contribution >= 4 is 11.3 Å². The van der Waals surface area contributed by atoms with Crippen LogP contribution in [0.3, 0.4) is 0 Å². The summed E-state index contributed by atoms with van der Waals surface area (Å²) >= 11 is 1.90. The fraction of sp³-hybridized carbons (Fsp3) is 0.750. The van der Waals surface area contributed by atoms with E-state index in [9.17, 15) is 0 Å². The van der Waals surface area contributed by atoms with Gasteiger partial charge in [0.15, 0.2) is 0 Å². The van der Waals surface area contributed by atoms with Crippen LogP contribution in [0, 0.1) is 13.8 Å². The van der Waals surface area contributed by atoms with Gasteiger partial charge in [0.25, 0.3) is 0 Å². The van der Waals surface area contributed by atoms with Crippen molar-refractivity contribution in [1.29, 1.82) is 0 Å². The van der Waals surface area contributed by atoms with Gasteiger partial charge in [-0.15, -0.1) is 11.3 Å². The summed E-state index contributed by atoms with van der Waals surface area (Å²) < 4.78 is 0. The van der Waals surface area contributed by atoms with E-state index >= 15 is 0 Å². The Balaban J connectivity index is 2.26. The summed E-state index contributed by atoms with van der Waals surface area (Å²) in [5, 5.41) is 0. The molecule has 2 atom stereocenters. The number of aryl methyl sites for hydroxylation is 2. The van der Waals surface area contributed by atoms with Crippen molar-refractivity contribution in [1.82, 2.24) is 9.80 Å². The standard InChI is InChI=1S/C16H29N3S/c1-5-14-11-18(4)7-6-8-19(14)16(10-17)15-9-12(2)20-13(15)3/h9,14,16H,5-8,10-11,17H2,1-4H3. The molecule has 4 heteroatoms. The van der Waals surface area contributed by atoms with Crippen LogP contribution < -0.4 is 5.73 Å². The SMILES string of the molecule is CCC1CN(C)CCCN1C(CN)c1cc(C)sc1C. The lowest BCUT2D eigenvalue weighted by molar-refractivity contribution is 0.131. The zero-order chi connectivity index (χ0) is 14.7. The van der Waals surface area contributed by atoms with Gasteiger partial charge in [0.05, 0.1) is 0 Å². The summed E-state index contributed by atoms with van der Waals surface area (Å²) in [4.78, 5) is 7.96. The first-order valence-corrected chi connectivity index (χ1v) is 8.59. The minimum atomic E-state index is 0.386. The minimum absolute atomic E-state index is 0.386. The molecule has 0 radical (unpaired) electrons. The van der Waals surface area contributed by atoms with Gasteiger partial charge in [-0.2, -0.15) is 0 Å². The van der Waals surface area contributed by atoms with E-state index in [1.807, 2.05) is 11.3 Å². The van der Waals surface area contributed by atoms with Crippen LogP contribution in [-0.4, -0.2) is 49.1 Å². The number of likely N-dealkylation sites (N-methyl/N-ethyl adjacent to an activating group) is 1. The molecule has 0 aromatic carbocycles. The van der Waals surface area contributed by atoms with E-state index in [1.54, 1.807) is 0 Å². The third-order valence-electron chi connectivity index (χ3n) is 4.48. The first-order chi connectivity index (χ1) is 9.56. The largest absolute Gasteiger partial charge is 0.329 e. The molecule has 2 heterocycles. The third kappa shape index (κ3) is 3.42. The second-order valence-electron chi connectivity index (χ2n) is 6.04. The van der Waals surface area contributed by atoms with E-state index in [1.165, 1.54) is 41.2 Å². The second-order valence-corrected chi connectivity index (χ2v) is 7.50. The lowest BCUT2D eigenvalue weighted by Gasteiger charge is -2.36. The van der Waals surface area contributed by atoms with Crippen molar-refractivity contribution in [2.75, 3.05) is 33.2 Å². The number of nitrogens with two attached hydrogens (primary N) is 1. The zero-order valence-corrected chi connectivity index (χ0v) is 14.2. The summed E-state index contributed by atoms with van der Waals surface area (Å²) in [5.74, 6) is 0. The first kappa shape index (κ1) is 16.0. The van der Waals surface area contributed by atoms with Crippen LogP contribution in [0.1, 0.15) is 41.1 Å². The molecule has 2 N–H and O–H groups in total. The highest BCUT2D eigenvalue weighted by Crippen LogP contribution is 2.32. The van der Waals surface area contributed by atoms with E-state index in [0.29, 0.717) is 12.1 Å². The molecular weight excluding hydrogens is 266 g/mol. The maximum Gasteiger partial charge on any atom is 0.0484 e. The Morgan fingerprint density at radius 2 is 2.15 bits per heavy atom. The summed E-state index contributed by atoms with van der Waals surface area (Å²) in [6.45, 7) is 11.0. The molecule has 2 rings (SSSR count). The fourth-order valence-electron chi connectivity index (χ4n) is 3.46. The van der Waals surface area contributed by atoms with Crippen LogP contribution in [0.25, 0.3) is 0 Å². The van der Waals surface area contributed by atoms with Crippen molar-refractivity contribution in [3.05, 3.63) is 21.4 Å². The van der Waals surface area contributed by atoms with Gasteiger partial charge in [-0.3, -0.25) is 4.90 Å². The molecule has 0 saturated carbocycles. The van der Waals surface area contributed by atoms with Crippen molar-refractivity contribution < 1.29 is 0 Å². The second kappa shape index (κ2) is 7.03. The monoisotopic (exact) mass is 295 g/mol. The van der Waals surface area contributed by atoms with E-state index in [4.69, 9.17) is 5.73 Å². The Hall–Kier alpha value is -0.420. The van der Waals surface area contributed by atoms with E-state index < -0.39 is 0 Å². The Labute approximate surface area is 127 Å². The average Bonchev–Trinajstić information content (AvgIpc) is 2.63. The molecule has 0 bridgehead atoms. The van der Waals surface area contributed by atoms with Crippen LogP contribution in [0.5, 0.6) is 0 Å². The number of rotatable bonds is 4. The fourth-order valence-corrected chi connectivity index (χ4v) is 4.44. The smallest absolute Gasteiger partial charge is 0.0484 e. The molecule has 3 nitrogen and oxygen atoms in total. The Morgan fingerprint density at radius 3 is 2.70 bits per heavy atom. The molecule has 1 aromatic heterocycles. The summed E-state index contributed by atoms with van der Waals surface area (Å²) in [7, 11) is 2.24. The zero-order valence-electron chi connectivity index (χ0n) is 13.4. The van der Waals surface area contributed by atoms with Gasteiger partial charge in [0.2, 0.25) is 0 Å². The topological polar surface area (TPSA) is 32.5 Å². The normalized spacial score (nSPS) is 23.8. The Bertz CT molecular complexity index is 429. The predicted octanol–water partition coefficient (Wildman–Crippen LogP) is 2.78. The summed E-state index contributed by atoms with van der Waals surface area (Å²) in [6.07, 6.45) is 2.44. The maximum atomic E-state index is 6.17. The van der Waals surface area contributed by atoms with Crippen LogP contribution >= 0.6 is 11.3 Å². The number of hydrogen-bond acceptors (Lipinski definition) is 4. The summed E-state index contributed by atoms with van der Waals surface area (Å²) in [6, 6.07) is 3.35. The predicted molar refractivity (Wildman–Crippen MR) is 88.5 cm³/mol. The van der Waals surface area contributed by atoms with Gasteiger partial charge in [0.1, 0.15) is 0 Å². The van der Waals surface area contributed by atoms with E-state index in [-0.39, 0.29) is 0 Å². The van der Waals surface area contributed by atoms with Crippen molar-refractivity contribution in [2.24, 2.45) is 5.73 Å². The van der Waals surface area contributed by atoms with Gasteiger partial charge in [-0.05, 0) is 51.9 Å². The molecule has 1 aliphatic rings. The van der Waals surface area contributed by atoms with Gasteiger partial charge in [0, 0.05) is 41.5 Å². The first-order valence-electron chi connectivity index (χ1n) is 7.78. The lowest BCUT2D eigenvalue weighted by atomic mass is 10.0. The van der Waals surface area contributed by atoms with Crippen molar-refractivity contribution in [2.45, 2.75) is 45.7 Å². The molecule has 20 heavy (non-hydrogen) atoms. The van der Waals surface area contributed by atoms with E-state index in [2.05, 4.69) is 43.7 Å². The van der Waals surface area contributed by atoms with Crippen molar-refractivity contribution in [3.8, 4) is 0 Å². The number of hydrogen-bond donors (Lipinski definition) is 1. The third-order valence-corrected chi connectivity index (χ3v) is 5.46. The molecule has 0 amide bonds. The molecule has 1 saturated heterocycles. The van der Waals surface area contributed by atoms with Gasteiger partial charge in [-0.1, -0.05) is 6.92 Å². The quantitative estimate of drug-likeness (QED) is 0.927. The molecular formula is C16H29N3S. The highest BCUT2D eigenvalue weighted by Gasteiger charge is 2.29. The number of nitrogens with zero attached hydrogens (tertiary/aromatic N) is 2. The van der Waals surface area contributed by atoms with Crippen molar-refractivity contribution in [3.63, 3.8) is 0 Å². The average molecular weight is 295 g/mol. The molecule has 114 valence electrons. The molecule has 0 aliphatic carbocycles. The van der Waals surface area contributed by atoms with Crippen LogP contribution in [0.15, 0.2) is 6.07 Å². The molecule has 0 spiro atoms. The van der Waals surface area contributed by atoms with Gasteiger partial charge >= 0.3 is 0 Å². The van der Waals surface area contributed by atoms with Gasteiger partial charge < -0.3 is 10.6 Å². The molecule has 2 unspecified atom stereocenters. The number of thiophene rings is 1. The highest BCUT2D eigenvalue weighted by molar-refractivity contribution is 7.12. The Kier molecular flexibility index (Phi) is 5.61. The molecule has 1 aromatic rings. The molecule has 1 aliphatic heterocycles.